The Hall–Kier alpha value is -2.45. The first-order valence-corrected chi connectivity index (χ1v) is 10.9. The Balaban J connectivity index is 1.76. The fourth-order valence-corrected chi connectivity index (χ4v) is 7.00. The highest BCUT2D eigenvalue weighted by atomic mass is 35.5. The molecule has 6 unspecified atom stereocenters. The van der Waals surface area contributed by atoms with Gasteiger partial charge >= 0.3 is 0 Å². The number of hydrogen-bond acceptors (Lipinski definition) is 5. The number of rotatable bonds is 1. The fourth-order valence-electron chi connectivity index (χ4n) is 5.98. The molecule has 6 atom stereocenters. The number of carbonyl (C=O) groups is 4. The lowest BCUT2D eigenvalue weighted by molar-refractivity contribution is -0.140. The topological polar surface area (TPSA) is 95.0 Å². The average molecular weight is 481 g/mol. The number of allylic oxidation sites excluding steroid dienone is 2. The molecule has 4 amide bonds. The van der Waals surface area contributed by atoms with Crippen molar-refractivity contribution in [2.75, 3.05) is 14.1 Å². The van der Waals surface area contributed by atoms with Crippen molar-refractivity contribution in [1.29, 1.82) is 0 Å². The van der Waals surface area contributed by atoms with Crippen LogP contribution in [0.5, 0.6) is 5.75 Å². The third kappa shape index (κ3) is 2.32. The summed E-state index contributed by atoms with van der Waals surface area (Å²) in [4.78, 5) is 50.1. The van der Waals surface area contributed by atoms with Gasteiger partial charge in [-0.1, -0.05) is 17.7 Å². The second-order valence-corrected chi connectivity index (χ2v) is 10.2. The minimum absolute atomic E-state index is 0.107. The van der Waals surface area contributed by atoms with Gasteiger partial charge in [0.25, 0.3) is 11.8 Å². The molecule has 1 aromatic carbocycles. The molecule has 7 nitrogen and oxygen atoms in total. The highest BCUT2D eigenvalue weighted by molar-refractivity contribution is 6.53. The quantitative estimate of drug-likeness (QED) is 0.377. The van der Waals surface area contributed by atoms with Gasteiger partial charge in [-0.3, -0.25) is 29.0 Å². The zero-order valence-electron chi connectivity index (χ0n) is 17.1. The molecule has 0 radical (unpaired) electrons. The number of amides is 4. The first-order chi connectivity index (χ1) is 14.9. The Morgan fingerprint density at radius 2 is 1.72 bits per heavy atom. The zero-order valence-corrected chi connectivity index (χ0v) is 18.7. The number of likely N-dealkylation sites (tertiary alicyclic amines) is 2. The highest BCUT2D eigenvalue weighted by Gasteiger charge is 2.75. The Morgan fingerprint density at radius 3 is 2.38 bits per heavy atom. The van der Waals surface area contributed by atoms with E-state index in [1.807, 2.05) is 0 Å². The molecule has 0 aromatic heterocycles. The first kappa shape index (κ1) is 21.4. The van der Waals surface area contributed by atoms with Crippen LogP contribution in [0, 0.1) is 23.6 Å². The number of phenols is 1. The summed E-state index contributed by atoms with van der Waals surface area (Å²) in [6, 6.07) is 3.61. The SMILES string of the molecule is CN1C(=O)C2CC=C3C(CC4(Cl)C(=O)N(C)C(=O)C4(Cl)C3c3ccc(O)c(F)c3)C2C1=O. The van der Waals surface area contributed by atoms with Crippen molar-refractivity contribution in [2.45, 2.75) is 28.5 Å². The van der Waals surface area contributed by atoms with Crippen molar-refractivity contribution in [3.05, 3.63) is 41.2 Å². The van der Waals surface area contributed by atoms with E-state index < -0.39 is 56.8 Å². The van der Waals surface area contributed by atoms with E-state index in [4.69, 9.17) is 23.2 Å². The summed E-state index contributed by atoms with van der Waals surface area (Å²) in [7, 11) is 2.70. The van der Waals surface area contributed by atoms with Gasteiger partial charge in [0.1, 0.15) is 0 Å². The van der Waals surface area contributed by atoms with Gasteiger partial charge in [0.2, 0.25) is 11.8 Å². The van der Waals surface area contributed by atoms with Crippen LogP contribution in [0.2, 0.25) is 0 Å². The van der Waals surface area contributed by atoms with Gasteiger partial charge < -0.3 is 5.11 Å². The fraction of sp³-hybridized carbons (Fsp3) is 0.455. The van der Waals surface area contributed by atoms with Crippen LogP contribution in [0.3, 0.4) is 0 Å². The first-order valence-electron chi connectivity index (χ1n) is 10.1. The van der Waals surface area contributed by atoms with Gasteiger partial charge in [-0.25, -0.2) is 4.39 Å². The lowest BCUT2D eigenvalue weighted by Gasteiger charge is -2.50. The second-order valence-electron chi connectivity index (χ2n) is 8.94. The van der Waals surface area contributed by atoms with Crippen LogP contribution in [0.4, 0.5) is 4.39 Å². The Bertz CT molecular complexity index is 1160. The molecule has 2 heterocycles. The number of hydrogen-bond donors (Lipinski definition) is 1. The predicted octanol–water partition coefficient (Wildman–Crippen LogP) is 2.15. The van der Waals surface area contributed by atoms with Gasteiger partial charge in [0.05, 0.1) is 11.8 Å². The molecule has 0 bridgehead atoms. The van der Waals surface area contributed by atoms with Gasteiger partial charge in [-0.15, -0.1) is 23.2 Å². The van der Waals surface area contributed by atoms with E-state index in [0.717, 1.165) is 21.9 Å². The zero-order chi connectivity index (χ0) is 23.3. The highest BCUT2D eigenvalue weighted by Crippen LogP contribution is 2.65. The Kier molecular flexibility index (Phi) is 4.38. The molecule has 10 heteroatoms. The molecule has 32 heavy (non-hydrogen) atoms. The van der Waals surface area contributed by atoms with Crippen LogP contribution >= 0.6 is 23.2 Å². The number of aromatic hydroxyl groups is 1. The van der Waals surface area contributed by atoms with Crippen molar-refractivity contribution in [3.8, 4) is 5.75 Å². The van der Waals surface area contributed by atoms with Crippen molar-refractivity contribution < 1.29 is 28.7 Å². The molecule has 2 aliphatic carbocycles. The van der Waals surface area contributed by atoms with Crippen molar-refractivity contribution in [3.63, 3.8) is 0 Å². The molecule has 5 rings (SSSR count). The van der Waals surface area contributed by atoms with Crippen molar-refractivity contribution in [1.82, 2.24) is 9.80 Å². The Morgan fingerprint density at radius 1 is 1.03 bits per heavy atom. The molecule has 3 fully saturated rings. The molecule has 1 N–H and O–H groups in total. The number of benzene rings is 1. The molecule has 2 saturated heterocycles. The number of phenolic OH excluding ortho intramolecular Hbond substituents is 1. The van der Waals surface area contributed by atoms with Gasteiger partial charge in [0.15, 0.2) is 21.3 Å². The predicted molar refractivity (Wildman–Crippen MR) is 111 cm³/mol. The molecule has 1 saturated carbocycles. The lowest BCUT2D eigenvalue weighted by Crippen LogP contribution is -2.60. The molecule has 4 aliphatic rings. The minimum Gasteiger partial charge on any atom is -0.505 e. The molecular weight excluding hydrogens is 462 g/mol. The normalized spacial score (nSPS) is 38.6. The number of fused-ring (bicyclic) bond motifs is 4. The third-order valence-corrected chi connectivity index (χ3v) is 8.95. The lowest BCUT2D eigenvalue weighted by atomic mass is 9.56. The van der Waals surface area contributed by atoms with Crippen LogP contribution in [0.15, 0.2) is 29.8 Å². The van der Waals surface area contributed by atoms with Crippen LogP contribution < -0.4 is 0 Å². The maximum atomic E-state index is 14.3. The second kappa shape index (κ2) is 6.54. The number of carbonyl (C=O) groups excluding carboxylic acids is 4. The maximum Gasteiger partial charge on any atom is 0.253 e. The van der Waals surface area contributed by atoms with Gasteiger partial charge in [-0.2, -0.15) is 0 Å². The van der Waals surface area contributed by atoms with E-state index >= 15 is 0 Å². The number of imide groups is 2. The van der Waals surface area contributed by atoms with Crippen LogP contribution in [0.25, 0.3) is 0 Å². The van der Waals surface area contributed by atoms with Crippen LogP contribution in [0.1, 0.15) is 24.3 Å². The van der Waals surface area contributed by atoms with E-state index in [9.17, 15) is 28.7 Å². The smallest absolute Gasteiger partial charge is 0.253 e. The standard InChI is InChI=1S/C22H19Cl2FN2O5/c1-26-17(29)11-5-4-10-12(15(11)18(26)30)8-21(23)19(31)27(2)20(32)22(21,24)16(10)9-3-6-14(28)13(25)7-9/h3-4,6-7,11-12,15-16,28H,5,8H2,1-2H3. The maximum absolute atomic E-state index is 14.3. The average Bonchev–Trinajstić information content (AvgIpc) is 3.05. The number of nitrogens with zero attached hydrogens (tertiary/aromatic N) is 2. The van der Waals surface area contributed by atoms with E-state index in [2.05, 4.69) is 0 Å². The van der Waals surface area contributed by atoms with Crippen LogP contribution in [-0.4, -0.2) is 62.4 Å². The van der Waals surface area contributed by atoms with E-state index in [1.165, 1.54) is 20.2 Å². The van der Waals surface area contributed by atoms with Crippen molar-refractivity contribution in [2.24, 2.45) is 17.8 Å². The summed E-state index contributed by atoms with van der Waals surface area (Å²) in [6.45, 7) is 0. The monoisotopic (exact) mass is 480 g/mol. The van der Waals surface area contributed by atoms with E-state index in [-0.39, 0.29) is 30.2 Å². The third-order valence-electron chi connectivity index (χ3n) is 7.54. The van der Waals surface area contributed by atoms with Crippen LogP contribution in [-0.2, 0) is 19.2 Å². The summed E-state index contributed by atoms with van der Waals surface area (Å²) >= 11 is 13.8. The molecule has 168 valence electrons. The molecule has 1 aromatic rings. The van der Waals surface area contributed by atoms with E-state index in [0.29, 0.717) is 5.57 Å². The minimum atomic E-state index is -1.96. The molecular formula is C22H19Cl2FN2O5. The summed E-state index contributed by atoms with van der Waals surface area (Å²) in [5.74, 6) is -6.61. The van der Waals surface area contributed by atoms with Crippen molar-refractivity contribution >= 4 is 46.8 Å². The number of alkyl halides is 2. The summed E-state index contributed by atoms with van der Waals surface area (Å²) in [5, 5.41) is 9.66. The number of halogens is 3. The molecule has 2 aliphatic heterocycles. The van der Waals surface area contributed by atoms with E-state index in [1.54, 1.807) is 6.08 Å². The largest absolute Gasteiger partial charge is 0.505 e. The summed E-state index contributed by atoms with van der Waals surface area (Å²) in [5.41, 5.74) is 0.826. The summed E-state index contributed by atoms with van der Waals surface area (Å²) < 4.78 is 14.3. The summed E-state index contributed by atoms with van der Waals surface area (Å²) in [6.07, 6.45) is 1.91. The Labute approximate surface area is 192 Å². The van der Waals surface area contributed by atoms with Gasteiger partial charge in [0, 0.05) is 20.0 Å². The van der Waals surface area contributed by atoms with Gasteiger partial charge in [-0.05, 0) is 36.5 Å². The molecule has 0 spiro atoms.